The number of nitrogens with one attached hydrogen (secondary N) is 1. The summed E-state index contributed by atoms with van der Waals surface area (Å²) in [4.78, 5) is 0.211. The van der Waals surface area contributed by atoms with Gasteiger partial charge < -0.3 is 11.1 Å². The van der Waals surface area contributed by atoms with Crippen LogP contribution in [0.3, 0.4) is 0 Å². The van der Waals surface area contributed by atoms with Crippen molar-refractivity contribution < 1.29 is 8.42 Å². The minimum absolute atomic E-state index is 0.111. The molecule has 0 saturated carbocycles. The topological polar surface area (TPSA) is 98.0 Å². The van der Waals surface area contributed by atoms with Crippen molar-refractivity contribution in [1.82, 2.24) is 10.2 Å². The lowest BCUT2D eigenvalue weighted by Crippen LogP contribution is -2.24. The van der Waals surface area contributed by atoms with Crippen LogP contribution in [0.15, 0.2) is 12.3 Å². The van der Waals surface area contributed by atoms with Crippen molar-refractivity contribution in [1.29, 1.82) is 0 Å². The number of aromatic nitrogens is 2. The molecule has 92 valence electrons. The molecule has 2 heterocycles. The Morgan fingerprint density at radius 1 is 1.59 bits per heavy atom. The minimum atomic E-state index is -2.92. The second-order valence-corrected chi connectivity index (χ2v) is 6.57. The smallest absolute Gasteiger partial charge is 0.159 e. The van der Waals surface area contributed by atoms with Gasteiger partial charge in [-0.15, -0.1) is 5.10 Å². The summed E-state index contributed by atoms with van der Waals surface area (Å²) in [5.74, 6) is 0.760. The van der Waals surface area contributed by atoms with Crippen LogP contribution in [0.2, 0.25) is 0 Å². The summed E-state index contributed by atoms with van der Waals surface area (Å²) in [6.07, 6.45) is 2.06. The summed E-state index contributed by atoms with van der Waals surface area (Å²) in [7, 11) is -2.92. The predicted octanol–water partition coefficient (Wildman–Crippen LogP) is -0.290. The van der Waals surface area contributed by atoms with Crippen LogP contribution < -0.4 is 11.1 Å². The monoisotopic (exact) mass is 272 g/mol. The maximum Gasteiger partial charge on any atom is 0.159 e. The Labute approximate surface area is 105 Å². The van der Waals surface area contributed by atoms with Gasteiger partial charge in [0.15, 0.2) is 15.7 Å². The summed E-state index contributed by atoms with van der Waals surface area (Å²) in [6.45, 7) is 0. The molecule has 0 amide bonds. The Hall–Kier alpha value is -1.28. The number of hydrogen-bond acceptors (Lipinski definition) is 6. The highest BCUT2D eigenvalue weighted by atomic mass is 32.2. The standard InChI is InChI=1S/C9H12N4O2S2/c10-8(16)7-1-3-11-13-9(7)12-6-2-4-17(14,15)5-6/h1,3,6H,2,4-5H2,(H2,10,16)(H,12,13). The SMILES string of the molecule is NC(=S)c1ccnnc1NC1CCS(=O)(=O)C1. The molecule has 1 atom stereocenters. The number of rotatable bonds is 3. The molecule has 8 heteroatoms. The third-order valence-electron chi connectivity index (χ3n) is 2.56. The molecule has 0 aliphatic carbocycles. The van der Waals surface area contributed by atoms with E-state index in [1.165, 1.54) is 6.20 Å². The van der Waals surface area contributed by atoms with Crippen LogP contribution in [0, 0.1) is 0 Å². The first-order valence-electron chi connectivity index (χ1n) is 5.06. The predicted molar refractivity (Wildman–Crippen MR) is 68.6 cm³/mol. The zero-order chi connectivity index (χ0) is 12.5. The number of thiocarbonyl (C=S) groups is 1. The van der Waals surface area contributed by atoms with Crippen LogP contribution in [0.5, 0.6) is 0 Å². The van der Waals surface area contributed by atoms with Crippen LogP contribution in [0.1, 0.15) is 12.0 Å². The first-order valence-corrected chi connectivity index (χ1v) is 7.29. The van der Waals surface area contributed by atoms with E-state index in [1.807, 2.05) is 0 Å². The summed E-state index contributed by atoms with van der Waals surface area (Å²) in [5, 5.41) is 10.6. The van der Waals surface area contributed by atoms with Gasteiger partial charge in [-0.25, -0.2) is 8.42 Å². The highest BCUT2D eigenvalue weighted by Crippen LogP contribution is 2.18. The average molecular weight is 272 g/mol. The van der Waals surface area contributed by atoms with Gasteiger partial charge in [-0.3, -0.25) is 0 Å². The molecule has 0 bridgehead atoms. The van der Waals surface area contributed by atoms with Crippen molar-refractivity contribution in [3.8, 4) is 0 Å². The van der Waals surface area contributed by atoms with Crippen molar-refractivity contribution in [2.75, 3.05) is 16.8 Å². The molecule has 0 aromatic carbocycles. The van der Waals surface area contributed by atoms with Gasteiger partial charge in [0.25, 0.3) is 0 Å². The summed E-state index contributed by atoms with van der Waals surface area (Å²) in [6, 6.07) is 1.51. The van der Waals surface area contributed by atoms with E-state index in [2.05, 4.69) is 15.5 Å². The minimum Gasteiger partial charge on any atom is -0.389 e. The molecule has 6 nitrogen and oxygen atoms in total. The molecule has 1 aliphatic rings. The maximum absolute atomic E-state index is 11.3. The molecule has 17 heavy (non-hydrogen) atoms. The Balaban J connectivity index is 2.17. The second kappa shape index (κ2) is 4.53. The Morgan fingerprint density at radius 3 is 2.94 bits per heavy atom. The lowest BCUT2D eigenvalue weighted by molar-refractivity contribution is 0.602. The van der Waals surface area contributed by atoms with Gasteiger partial charge in [0, 0.05) is 6.04 Å². The third kappa shape index (κ3) is 2.89. The van der Waals surface area contributed by atoms with Crippen molar-refractivity contribution in [2.24, 2.45) is 5.73 Å². The first-order chi connectivity index (χ1) is 7.98. The molecule has 1 aromatic heterocycles. The molecule has 2 rings (SSSR count). The van der Waals surface area contributed by atoms with Crippen LogP contribution in [-0.4, -0.2) is 41.2 Å². The Bertz CT molecular complexity index is 544. The third-order valence-corrected chi connectivity index (χ3v) is 4.55. The fourth-order valence-electron chi connectivity index (χ4n) is 1.74. The van der Waals surface area contributed by atoms with Crippen molar-refractivity contribution in [3.63, 3.8) is 0 Å². The van der Waals surface area contributed by atoms with Crippen molar-refractivity contribution in [2.45, 2.75) is 12.5 Å². The number of anilines is 1. The number of nitrogens with two attached hydrogens (primary N) is 1. The molecular formula is C9H12N4O2S2. The lowest BCUT2D eigenvalue weighted by atomic mass is 10.2. The van der Waals surface area contributed by atoms with Crippen LogP contribution in [0.25, 0.3) is 0 Å². The molecular weight excluding hydrogens is 260 g/mol. The normalized spacial score (nSPS) is 22.2. The van der Waals surface area contributed by atoms with Gasteiger partial charge in [0.1, 0.15) is 4.99 Å². The van der Waals surface area contributed by atoms with E-state index in [4.69, 9.17) is 18.0 Å². The molecule has 1 unspecified atom stereocenters. The number of sulfone groups is 1. The van der Waals surface area contributed by atoms with E-state index < -0.39 is 9.84 Å². The molecule has 1 fully saturated rings. The molecule has 1 aliphatic heterocycles. The Kier molecular flexibility index (Phi) is 3.25. The lowest BCUT2D eigenvalue weighted by Gasteiger charge is -2.13. The molecule has 0 radical (unpaired) electrons. The van der Waals surface area contributed by atoms with E-state index in [0.29, 0.717) is 17.8 Å². The van der Waals surface area contributed by atoms with Crippen LogP contribution in [-0.2, 0) is 9.84 Å². The summed E-state index contributed by atoms with van der Waals surface area (Å²) in [5.41, 5.74) is 6.13. The van der Waals surface area contributed by atoms with Crippen LogP contribution >= 0.6 is 12.2 Å². The van der Waals surface area contributed by atoms with E-state index in [1.54, 1.807) is 6.07 Å². The Morgan fingerprint density at radius 2 is 2.35 bits per heavy atom. The van der Waals surface area contributed by atoms with Gasteiger partial charge in [-0.05, 0) is 12.5 Å². The van der Waals surface area contributed by atoms with E-state index >= 15 is 0 Å². The molecule has 1 saturated heterocycles. The summed E-state index contributed by atoms with van der Waals surface area (Å²) >= 11 is 4.89. The van der Waals surface area contributed by atoms with Crippen molar-refractivity contribution >= 4 is 32.9 Å². The second-order valence-electron chi connectivity index (χ2n) is 3.90. The fraction of sp³-hybridized carbons (Fsp3) is 0.444. The molecule has 0 spiro atoms. The van der Waals surface area contributed by atoms with E-state index in [0.717, 1.165) is 0 Å². The van der Waals surface area contributed by atoms with Gasteiger partial charge >= 0.3 is 0 Å². The summed E-state index contributed by atoms with van der Waals surface area (Å²) < 4.78 is 22.6. The average Bonchev–Trinajstić information content (AvgIpc) is 2.58. The highest BCUT2D eigenvalue weighted by molar-refractivity contribution is 7.91. The fourth-order valence-corrected chi connectivity index (χ4v) is 3.58. The van der Waals surface area contributed by atoms with Crippen LogP contribution in [0.4, 0.5) is 5.82 Å². The van der Waals surface area contributed by atoms with Gasteiger partial charge in [0.05, 0.1) is 23.3 Å². The number of nitrogens with zero attached hydrogens (tertiary/aromatic N) is 2. The van der Waals surface area contributed by atoms with Gasteiger partial charge in [-0.2, -0.15) is 5.10 Å². The van der Waals surface area contributed by atoms with Gasteiger partial charge in [-0.1, -0.05) is 12.2 Å². The quantitative estimate of drug-likeness (QED) is 0.729. The number of hydrogen-bond donors (Lipinski definition) is 2. The molecule has 3 N–H and O–H groups in total. The first kappa shape index (κ1) is 12.2. The maximum atomic E-state index is 11.3. The molecule has 1 aromatic rings. The zero-order valence-electron chi connectivity index (χ0n) is 8.96. The van der Waals surface area contributed by atoms with Gasteiger partial charge in [0.2, 0.25) is 0 Å². The van der Waals surface area contributed by atoms with E-state index in [-0.39, 0.29) is 22.5 Å². The highest BCUT2D eigenvalue weighted by Gasteiger charge is 2.28. The van der Waals surface area contributed by atoms with Crippen molar-refractivity contribution in [3.05, 3.63) is 17.8 Å². The zero-order valence-corrected chi connectivity index (χ0v) is 10.6. The van der Waals surface area contributed by atoms with E-state index in [9.17, 15) is 8.42 Å². The largest absolute Gasteiger partial charge is 0.389 e.